The number of methoxy groups -OCH3 is 1. The van der Waals surface area contributed by atoms with Gasteiger partial charge in [0.1, 0.15) is 0 Å². The molecule has 1 aromatic carbocycles. The highest BCUT2D eigenvalue weighted by molar-refractivity contribution is 9.10. The predicted octanol–water partition coefficient (Wildman–Crippen LogP) is 1.28. The third-order valence-corrected chi connectivity index (χ3v) is 2.53. The Labute approximate surface area is 94.1 Å². The normalized spacial score (nSPS) is 12.2. The maximum atomic E-state index is 10.6. The first kappa shape index (κ1) is 11.8. The minimum Gasteiger partial charge on any atom is -0.504 e. The first-order valence-corrected chi connectivity index (χ1v) is 4.74. The second-order valence-corrected chi connectivity index (χ2v) is 3.61. The number of carboxylic acid groups (broad SMARTS) is 1. The Kier molecular flexibility index (Phi) is 3.54. The molecule has 6 heteroatoms. The van der Waals surface area contributed by atoms with E-state index in [-0.39, 0.29) is 17.1 Å². The number of aliphatic carboxylic acids is 1. The van der Waals surface area contributed by atoms with Crippen molar-refractivity contribution in [2.45, 2.75) is 6.10 Å². The lowest BCUT2D eigenvalue weighted by atomic mass is 10.1. The molecular formula is C9H9BrO5. The first-order chi connectivity index (χ1) is 6.99. The lowest BCUT2D eigenvalue weighted by Gasteiger charge is -2.14. The number of rotatable bonds is 3. The fourth-order valence-electron chi connectivity index (χ4n) is 1.16. The Morgan fingerprint density at radius 1 is 1.53 bits per heavy atom. The second kappa shape index (κ2) is 4.50. The zero-order valence-corrected chi connectivity index (χ0v) is 9.35. The van der Waals surface area contributed by atoms with Gasteiger partial charge in [-0.05, 0) is 12.1 Å². The van der Waals surface area contributed by atoms with Crippen molar-refractivity contribution in [1.82, 2.24) is 0 Å². The number of carbonyl (C=O) groups is 1. The molecule has 0 bridgehead atoms. The number of hydrogen-bond donors (Lipinski definition) is 3. The standard InChI is InChI=1S/C9H9BrO5/c1-15-8-5(11)3-2-4(10)6(8)7(12)9(13)14/h2-3,7,11-12H,1H3,(H,13,14). The summed E-state index contributed by atoms with van der Waals surface area (Å²) in [6.07, 6.45) is -1.75. The van der Waals surface area contributed by atoms with Crippen LogP contribution in [0.3, 0.4) is 0 Å². The van der Waals surface area contributed by atoms with Crippen LogP contribution in [-0.4, -0.2) is 28.4 Å². The van der Waals surface area contributed by atoms with E-state index in [1.807, 2.05) is 0 Å². The van der Waals surface area contributed by atoms with E-state index in [1.54, 1.807) is 0 Å². The van der Waals surface area contributed by atoms with Gasteiger partial charge < -0.3 is 20.1 Å². The molecule has 3 N–H and O–H groups in total. The molecule has 0 aromatic heterocycles. The van der Waals surface area contributed by atoms with E-state index < -0.39 is 12.1 Å². The monoisotopic (exact) mass is 276 g/mol. The van der Waals surface area contributed by atoms with Crippen LogP contribution in [0.5, 0.6) is 11.5 Å². The zero-order valence-electron chi connectivity index (χ0n) is 7.77. The molecule has 1 rings (SSSR count). The minimum atomic E-state index is -1.75. The van der Waals surface area contributed by atoms with Crippen LogP contribution in [0.15, 0.2) is 16.6 Å². The third-order valence-electron chi connectivity index (χ3n) is 1.83. The van der Waals surface area contributed by atoms with Crippen LogP contribution >= 0.6 is 15.9 Å². The minimum absolute atomic E-state index is 0.00926. The van der Waals surface area contributed by atoms with Crippen molar-refractivity contribution in [3.8, 4) is 11.5 Å². The number of halogens is 1. The molecule has 0 spiro atoms. The van der Waals surface area contributed by atoms with Crippen molar-refractivity contribution in [2.24, 2.45) is 0 Å². The Balaban J connectivity index is 3.37. The zero-order chi connectivity index (χ0) is 11.6. The van der Waals surface area contributed by atoms with Gasteiger partial charge in [0.05, 0.1) is 12.7 Å². The lowest BCUT2D eigenvalue weighted by Crippen LogP contribution is -2.12. The van der Waals surface area contributed by atoms with Crippen molar-refractivity contribution >= 4 is 21.9 Å². The summed E-state index contributed by atoms with van der Waals surface area (Å²) >= 11 is 3.08. The molecule has 0 aliphatic rings. The number of phenols is 1. The van der Waals surface area contributed by atoms with Gasteiger partial charge in [-0.3, -0.25) is 0 Å². The average molecular weight is 277 g/mol. The van der Waals surface area contributed by atoms with Crippen LogP contribution in [-0.2, 0) is 4.79 Å². The Morgan fingerprint density at radius 3 is 2.60 bits per heavy atom. The second-order valence-electron chi connectivity index (χ2n) is 2.75. The van der Waals surface area contributed by atoms with Gasteiger partial charge in [0.15, 0.2) is 17.6 Å². The molecule has 0 radical (unpaired) electrons. The van der Waals surface area contributed by atoms with Gasteiger partial charge in [-0.15, -0.1) is 0 Å². The van der Waals surface area contributed by atoms with Gasteiger partial charge in [0.2, 0.25) is 0 Å². The molecule has 0 saturated heterocycles. The molecule has 1 unspecified atom stereocenters. The molecule has 0 amide bonds. The van der Waals surface area contributed by atoms with Crippen molar-refractivity contribution in [1.29, 1.82) is 0 Å². The number of aromatic hydroxyl groups is 1. The largest absolute Gasteiger partial charge is 0.504 e. The van der Waals surface area contributed by atoms with Gasteiger partial charge in [0, 0.05) is 4.47 Å². The molecule has 1 aromatic rings. The van der Waals surface area contributed by atoms with Crippen molar-refractivity contribution in [2.75, 3.05) is 7.11 Å². The molecular weight excluding hydrogens is 268 g/mol. The van der Waals surface area contributed by atoms with E-state index in [1.165, 1.54) is 19.2 Å². The number of phenolic OH excluding ortho intramolecular Hbond substituents is 1. The molecule has 0 aliphatic carbocycles. The molecule has 1 atom stereocenters. The Morgan fingerprint density at radius 2 is 2.13 bits per heavy atom. The van der Waals surface area contributed by atoms with Crippen LogP contribution in [0.25, 0.3) is 0 Å². The van der Waals surface area contributed by atoms with Gasteiger partial charge in [-0.25, -0.2) is 4.79 Å². The summed E-state index contributed by atoms with van der Waals surface area (Å²) in [7, 11) is 1.28. The van der Waals surface area contributed by atoms with Gasteiger partial charge in [-0.1, -0.05) is 15.9 Å². The van der Waals surface area contributed by atoms with Crippen LogP contribution in [0.4, 0.5) is 0 Å². The summed E-state index contributed by atoms with van der Waals surface area (Å²) in [6, 6.07) is 2.76. The summed E-state index contributed by atoms with van der Waals surface area (Å²) in [5, 5.41) is 27.5. The van der Waals surface area contributed by atoms with Gasteiger partial charge in [0.25, 0.3) is 0 Å². The highest BCUT2D eigenvalue weighted by Crippen LogP contribution is 2.39. The maximum absolute atomic E-state index is 10.6. The van der Waals surface area contributed by atoms with E-state index in [2.05, 4.69) is 15.9 Å². The molecule has 0 fully saturated rings. The smallest absolute Gasteiger partial charge is 0.337 e. The number of ether oxygens (including phenoxy) is 1. The summed E-state index contributed by atoms with van der Waals surface area (Å²) in [5.74, 6) is -1.70. The third kappa shape index (κ3) is 2.21. The van der Waals surface area contributed by atoms with Crippen LogP contribution in [0, 0.1) is 0 Å². The lowest BCUT2D eigenvalue weighted by molar-refractivity contribution is -0.147. The summed E-state index contributed by atoms with van der Waals surface area (Å²) in [4.78, 5) is 10.6. The highest BCUT2D eigenvalue weighted by atomic mass is 79.9. The van der Waals surface area contributed by atoms with Crippen LogP contribution in [0.2, 0.25) is 0 Å². The van der Waals surface area contributed by atoms with Crippen LogP contribution < -0.4 is 4.74 Å². The van der Waals surface area contributed by atoms with Crippen LogP contribution in [0.1, 0.15) is 11.7 Å². The summed E-state index contributed by atoms with van der Waals surface area (Å²) < 4.78 is 5.18. The number of carboxylic acids is 1. The van der Waals surface area contributed by atoms with Crippen molar-refractivity contribution in [3.05, 3.63) is 22.2 Å². The number of hydrogen-bond acceptors (Lipinski definition) is 4. The van der Waals surface area contributed by atoms with E-state index >= 15 is 0 Å². The number of aliphatic hydroxyl groups excluding tert-OH is 1. The molecule has 5 nitrogen and oxygen atoms in total. The van der Waals surface area contributed by atoms with Crippen molar-refractivity contribution in [3.63, 3.8) is 0 Å². The highest BCUT2D eigenvalue weighted by Gasteiger charge is 2.25. The van der Waals surface area contributed by atoms with E-state index in [4.69, 9.17) is 9.84 Å². The van der Waals surface area contributed by atoms with E-state index in [0.29, 0.717) is 4.47 Å². The fourth-order valence-corrected chi connectivity index (χ4v) is 1.69. The summed E-state index contributed by atoms with van der Waals surface area (Å²) in [6.45, 7) is 0. The van der Waals surface area contributed by atoms with Crippen molar-refractivity contribution < 1.29 is 24.9 Å². The topological polar surface area (TPSA) is 87.0 Å². The predicted molar refractivity (Wildman–Crippen MR) is 55.0 cm³/mol. The van der Waals surface area contributed by atoms with E-state index in [9.17, 15) is 15.0 Å². The average Bonchev–Trinajstić information content (AvgIpc) is 2.19. The molecule has 82 valence electrons. The molecule has 0 heterocycles. The van der Waals surface area contributed by atoms with E-state index in [0.717, 1.165) is 0 Å². The Bertz CT molecular complexity index is 390. The number of aliphatic hydroxyl groups is 1. The maximum Gasteiger partial charge on any atom is 0.337 e. The molecule has 15 heavy (non-hydrogen) atoms. The molecule has 0 aliphatic heterocycles. The summed E-state index contributed by atoms with van der Waals surface area (Å²) in [5.41, 5.74) is -0.00926. The quantitative estimate of drug-likeness (QED) is 0.774. The van der Waals surface area contributed by atoms with Gasteiger partial charge >= 0.3 is 5.97 Å². The fraction of sp³-hybridized carbons (Fsp3) is 0.222. The molecule has 0 saturated carbocycles. The van der Waals surface area contributed by atoms with Gasteiger partial charge in [-0.2, -0.15) is 0 Å². The first-order valence-electron chi connectivity index (χ1n) is 3.95. The SMILES string of the molecule is COc1c(O)ccc(Br)c1C(O)C(=O)O. The number of benzene rings is 1. The Hall–Kier alpha value is -1.27.